The average molecular weight is 399 g/mol. The summed E-state index contributed by atoms with van der Waals surface area (Å²) < 4.78 is 15.9. The molecule has 0 bridgehead atoms. The van der Waals surface area contributed by atoms with Crippen LogP contribution in [0.15, 0.2) is 36.4 Å². The van der Waals surface area contributed by atoms with E-state index in [1.165, 1.54) is 32.7 Å². The van der Waals surface area contributed by atoms with Gasteiger partial charge in [0.15, 0.2) is 16.6 Å². The Balaban J connectivity index is 1.92. The first kappa shape index (κ1) is 19.5. The Morgan fingerprint density at radius 3 is 2.18 bits per heavy atom. The first-order valence-electron chi connectivity index (χ1n) is 8.41. The maximum atomic E-state index is 13.0. The van der Waals surface area contributed by atoms with Crippen molar-refractivity contribution in [2.24, 2.45) is 0 Å². The Morgan fingerprint density at radius 2 is 1.64 bits per heavy atom. The van der Waals surface area contributed by atoms with Gasteiger partial charge in [0, 0.05) is 11.3 Å². The highest BCUT2D eigenvalue weighted by molar-refractivity contribution is 7.18. The van der Waals surface area contributed by atoms with Crippen LogP contribution >= 0.6 is 11.3 Å². The average Bonchev–Trinajstić information content (AvgIpc) is 3.07. The van der Waals surface area contributed by atoms with Crippen LogP contribution in [0.4, 0.5) is 16.6 Å². The molecule has 3 rings (SSSR count). The second-order valence-electron chi connectivity index (χ2n) is 5.97. The SMILES string of the molecule is COc1cc(C(=O)c2sc(Nc3ccc(C)cc3)nc2N)cc(OC)c1OC. The summed E-state index contributed by atoms with van der Waals surface area (Å²) in [6, 6.07) is 11.0. The van der Waals surface area contributed by atoms with Gasteiger partial charge in [-0.2, -0.15) is 0 Å². The number of carbonyl (C=O) groups is 1. The highest BCUT2D eigenvalue weighted by atomic mass is 32.1. The number of aromatic nitrogens is 1. The van der Waals surface area contributed by atoms with Gasteiger partial charge in [0.05, 0.1) is 21.3 Å². The molecule has 3 aromatic rings. The number of thiazole rings is 1. The van der Waals surface area contributed by atoms with Crippen molar-refractivity contribution in [2.45, 2.75) is 6.92 Å². The van der Waals surface area contributed by atoms with Crippen molar-refractivity contribution < 1.29 is 19.0 Å². The van der Waals surface area contributed by atoms with E-state index in [1.807, 2.05) is 31.2 Å². The first-order chi connectivity index (χ1) is 13.5. The third-order valence-corrected chi connectivity index (χ3v) is 5.07. The molecular weight excluding hydrogens is 378 g/mol. The van der Waals surface area contributed by atoms with Gasteiger partial charge in [-0.3, -0.25) is 4.79 Å². The van der Waals surface area contributed by atoms with E-state index in [0.717, 1.165) is 11.3 Å². The molecular formula is C20H21N3O4S. The van der Waals surface area contributed by atoms with Crippen molar-refractivity contribution in [3.05, 3.63) is 52.4 Å². The fraction of sp³-hybridized carbons (Fsp3) is 0.200. The van der Waals surface area contributed by atoms with Crippen molar-refractivity contribution in [3.8, 4) is 17.2 Å². The van der Waals surface area contributed by atoms with Crippen molar-refractivity contribution in [2.75, 3.05) is 32.4 Å². The highest BCUT2D eigenvalue weighted by Gasteiger charge is 2.22. The molecule has 2 aromatic carbocycles. The molecule has 0 radical (unpaired) electrons. The number of anilines is 3. The fourth-order valence-corrected chi connectivity index (χ4v) is 3.52. The number of hydrogen-bond donors (Lipinski definition) is 2. The van der Waals surface area contributed by atoms with E-state index in [2.05, 4.69) is 10.3 Å². The van der Waals surface area contributed by atoms with Crippen LogP contribution in [-0.2, 0) is 0 Å². The van der Waals surface area contributed by atoms with Gasteiger partial charge in [-0.05, 0) is 31.2 Å². The minimum Gasteiger partial charge on any atom is -0.493 e. The summed E-state index contributed by atoms with van der Waals surface area (Å²) in [6.45, 7) is 2.01. The van der Waals surface area contributed by atoms with Crippen LogP contribution < -0.4 is 25.3 Å². The topological polar surface area (TPSA) is 95.7 Å². The maximum Gasteiger partial charge on any atom is 0.207 e. The predicted molar refractivity (Wildman–Crippen MR) is 111 cm³/mol. The van der Waals surface area contributed by atoms with Crippen LogP contribution in [0.5, 0.6) is 17.2 Å². The molecule has 0 fully saturated rings. The van der Waals surface area contributed by atoms with Crippen molar-refractivity contribution in [3.63, 3.8) is 0 Å². The van der Waals surface area contributed by atoms with Gasteiger partial charge in [0.2, 0.25) is 11.5 Å². The molecule has 0 aliphatic carbocycles. The minimum atomic E-state index is -0.272. The highest BCUT2D eigenvalue weighted by Crippen LogP contribution is 2.39. The van der Waals surface area contributed by atoms with E-state index in [0.29, 0.717) is 32.8 Å². The molecule has 7 nitrogen and oxygen atoms in total. The number of nitrogen functional groups attached to an aromatic ring is 1. The molecule has 1 aromatic heterocycles. The predicted octanol–water partition coefficient (Wildman–Crippen LogP) is 4.03. The maximum absolute atomic E-state index is 13.0. The Morgan fingerprint density at radius 1 is 1.04 bits per heavy atom. The number of hydrogen-bond acceptors (Lipinski definition) is 8. The molecule has 0 saturated carbocycles. The lowest BCUT2D eigenvalue weighted by molar-refractivity contribution is 0.104. The third-order valence-electron chi connectivity index (χ3n) is 4.09. The van der Waals surface area contributed by atoms with E-state index >= 15 is 0 Å². The number of carbonyl (C=O) groups excluding carboxylic acids is 1. The van der Waals surface area contributed by atoms with Crippen molar-refractivity contribution >= 4 is 33.8 Å². The molecule has 0 saturated heterocycles. The Bertz CT molecular complexity index is 974. The summed E-state index contributed by atoms with van der Waals surface area (Å²) in [5, 5.41) is 3.71. The quantitative estimate of drug-likeness (QED) is 0.579. The Hall–Kier alpha value is -3.26. The molecule has 28 heavy (non-hydrogen) atoms. The number of ether oxygens (including phenoxy) is 3. The van der Waals surface area contributed by atoms with E-state index in [9.17, 15) is 4.79 Å². The number of nitrogens with two attached hydrogens (primary N) is 1. The number of rotatable bonds is 7. The summed E-state index contributed by atoms with van der Waals surface area (Å²) in [4.78, 5) is 17.6. The van der Waals surface area contributed by atoms with E-state index in [-0.39, 0.29) is 11.6 Å². The van der Waals surface area contributed by atoms with Gasteiger partial charge in [-0.15, -0.1) is 0 Å². The molecule has 0 unspecified atom stereocenters. The number of aryl methyl sites for hydroxylation is 1. The van der Waals surface area contributed by atoms with Crippen molar-refractivity contribution in [1.82, 2.24) is 4.98 Å². The van der Waals surface area contributed by atoms with E-state index < -0.39 is 0 Å². The summed E-state index contributed by atoms with van der Waals surface area (Å²) in [5.74, 6) is 1.10. The van der Waals surface area contributed by atoms with Crippen molar-refractivity contribution in [1.29, 1.82) is 0 Å². The zero-order chi connectivity index (χ0) is 20.3. The van der Waals surface area contributed by atoms with Gasteiger partial charge in [-0.1, -0.05) is 29.0 Å². The van der Waals surface area contributed by atoms with Gasteiger partial charge in [0.25, 0.3) is 0 Å². The van der Waals surface area contributed by atoms with E-state index in [4.69, 9.17) is 19.9 Å². The molecule has 146 valence electrons. The summed E-state index contributed by atoms with van der Waals surface area (Å²) in [6.07, 6.45) is 0. The van der Waals surface area contributed by atoms with Crippen LogP contribution in [0.2, 0.25) is 0 Å². The van der Waals surface area contributed by atoms with Gasteiger partial charge >= 0.3 is 0 Å². The van der Waals surface area contributed by atoms with Gasteiger partial charge < -0.3 is 25.3 Å². The second-order valence-corrected chi connectivity index (χ2v) is 6.97. The number of ketones is 1. The number of methoxy groups -OCH3 is 3. The molecule has 0 amide bonds. The summed E-state index contributed by atoms with van der Waals surface area (Å²) >= 11 is 1.19. The second kappa shape index (κ2) is 8.18. The number of nitrogens with zero attached hydrogens (tertiary/aromatic N) is 1. The zero-order valence-electron chi connectivity index (χ0n) is 16.0. The smallest absolute Gasteiger partial charge is 0.207 e. The van der Waals surface area contributed by atoms with Gasteiger partial charge in [-0.25, -0.2) is 4.98 Å². The third kappa shape index (κ3) is 3.86. The lowest BCUT2D eigenvalue weighted by Gasteiger charge is -2.13. The van der Waals surface area contributed by atoms with Crippen LogP contribution in [0.1, 0.15) is 20.8 Å². The summed E-state index contributed by atoms with van der Waals surface area (Å²) in [7, 11) is 4.50. The van der Waals surface area contributed by atoms with Crippen LogP contribution in [0, 0.1) is 6.92 Å². The normalized spacial score (nSPS) is 10.4. The fourth-order valence-electron chi connectivity index (χ4n) is 2.65. The monoisotopic (exact) mass is 399 g/mol. The van der Waals surface area contributed by atoms with E-state index in [1.54, 1.807) is 12.1 Å². The molecule has 0 aliphatic heterocycles. The minimum absolute atomic E-state index is 0.165. The Labute approximate surface area is 167 Å². The van der Waals surface area contributed by atoms with Crippen LogP contribution in [0.25, 0.3) is 0 Å². The van der Waals surface area contributed by atoms with Gasteiger partial charge in [0.1, 0.15) is 10.7 Å². The largest absolute Gasteiger partial charge is 0.493 e. The molecule has 1 heterocycles. The first-order valence-corrected chi connectivity index (χ1v) is 9.23. The Kier molecular flexibility index (Phi) is 5.70. The molecule has 0 aliphatic rings. The molecule has 8 heteroatoms. The lowest BCUT2D eigenvalue weighted by Crippen LogP contribution is -2.05. The van der Waals surface area contributed by atoms with Crippen LogP contribution in [0.3, 0.4) is 0 Å². The standard InChI is InChI=1S/C20H21N3O4S/c1-11-5-7-13(8-6-11)22-20-23-19(21)18(28-20)16(24)12-9-14(25-2)17(27-4)15(10-12)26-3/h5-10H,21H2,1-4H3,(H,22,23). The van der Waals surface area contributed by atoms with Crippen LogP contribution in [-0.4, -0.2) is 32.1 Å². The summed E-state index contributed by atoms with van der Waals surface area (Å²) in [5.41, 5.74) is 8.40. The molecule has 0 atom stereocenters. The zero-order valence-corrected chi connectivity index (χ0v) is 16.8. The number of nitrogens with one attached hydrogen (secondary N) is 1. The number of benzene rings is 2. The lowest BCUT2D eigenvalue weighted by atomic mass is 10.1. The molecule has 0 spiro atoms. The molecule has 3 N–H and O–H groups in total.